The van der Waals surface area contributed by atoms with Crippen LogP contribution in [0.4, 0.5) is 0 Å². The second-order valence-electron chi connectivity index (χ2n) is 5.50. The number of hydrogen-bond donors (Lipinski definition) is 2. The summed E-state index contributed by atoms with van der Waals surface area (Å²) in [6.07, 6.45) is 5.42. The second kappa shape index (κ2) is 3.78. The molecule has 0 aliphatic heterocycles. The number of amides is 1. The first kappa shape index (κ1) is 10.9. The summed E-state index contributed by atoms with van der Waals surface area (Å²) in [5.74, 6) is 1.16. The van der Waals surface area contributed by atoms with Gasteiger partial charge in [0.25, 0.3) is 0 Å². The highest BCUT2D eigenvalue weighted by Crippen LogP contribution is 2.50. The highest BCUT2D eigenvalue weighted by atomic mass is 16.1. The van der Waals surface area contributed by atoms with E-state index < -0.39 is 0 Å². The van der Waals surface area contributed by atoms with Crippen molar-refractivity contribution in [1.82, 2.24) is 5.32 Å². The molecule has 3 heteroatoms. The number of carbonyl (C=O) groups is 1. The zero-order valence-corrected chi connectivity index (χ0v) is 9.75. The maximum absolute atomic E-state index is 11.6. The van der Waals surface area contributed by atoms with E-state index in [0.717, 1.165) is 19.3 Å². The van der Waals surface area contributed by atoms with Crippen LogP contribution in [0.3, 0.4) is 0 Å². The van der Waals surface area contributed by atoms with Crippen LogP contribution in [0.1, 0.15) is 39.0 Å². The number of fused-ring (bicyclic) bond motifs is 2. The van der Waals surface area contributed by atoms with E-state index in [4.69, 9.17) is 5.73 Å². The summed E-state index contributed by atoms with van der Waals surface area (Å²) in [6.45, 7) is 2.25. The Balaban J connectivity index is 2.22. The molecule has 0 aromatic rings. The highest BCUT2D eigenvalue weighted by molar-refractivity contribution is 5.81. The van der Waals surface area contributed by atoms with Crippen molar-refractivity contribution in [3.63, 3.8) is 0 Å². The smallest absolute Gasteiger partial charge is 0.223 e. The first-order chi connectivity index (χ1) is 7.09. The zero-order valence-electron chi connectivity index (χ0n) is 9.75. The van der Waals surface area contributed by atoms with Gasteiger partial charge in [-0.05, 0) is 44.6 Å². The molecule has 86 valence electrons. The fourth-order valence-electron chi connectivity index (χ4n) is 3.95. The Morgan fingerprint density at radius 1 is 1.47 bits per heavy atom. The molecule has 0 saturated heterocycles. The van der Waals surface area contributed by atoms with E-state index in [0.29, 0.717) is 17.9 Å². The summed E-state index contributed by atoms with van der Waals surface area (Å²) < 4.78 is 0. The van der Waals surface area contributed by atoms with Gasteiger partial charge in [-0.15, -0.1) is 0 Å². The minimum Gasteiger partial charge on any atom is -0.369 e. The molecule has 0 heterocycles. The van der Waals surface area contributed by atoms with E-state index in [1.54, 1.807) is 0 Å². The van der Waals surface area contributed by atoms with Gasteiger partial charge < -0.3 is 11.1 Å². The molecule has 2 rings (SSSR count). The van der Waals surface area contributed by atoms with E-state index in [1.165, 1.54) is 12.8 Å². The van der Waals surface area contributed by atoms with Gasteiger partial charge in [-0.3, -0.25) is 4.79 Å². The molecule has 2 aliphatic rings. The van der Waals surface area contributed by atoms with Crippen molar-refractivity contribution >= 4 is 5.91 Å². The van der Waals surface area contributed by atoms with Crippen molar-refractivity contribution in [3.8, 4) is 0 Å². The lowest BCUT2D eigenvalue weighted by Crippen LogP contribution is -2.54. The van der Waals surface area contributed by atoms with E-state index in [2.05, 4.69) is 12.2 Å². The van der Waals surface area contributed by atoms with Gasteiger partial charge in [-0.1, -0.05) is 13.3 Å². The molecule has 2 bridgehead atoms. The number of rotatable bonds is 2. The number of carbonyl (C=O) groups excluding carboxylic acids is 1. The van der Waals surface area contributed by atoms with Crippen LogP contribution in [0, 0.1) is 17.3 Å². The largest absolute Gasteiger partial charge is 0.369 e. The number of hydrogen-bond acceptors (Lipinski definition) is 2. The summed E-state index contributed by atoms with van der Waals surface area (Å²) in [5, 5.41) is 3.41. The van der Waals surface area contributed by atoms with Crippen LogP contribution in [0.25, 0.3) is 0 Å². The normalized spacial score (nSPS) is 45.1. The third-order valence-corrected chi connectivity index (χ3v) is 4.57. The van der Waals surface area contributed by atoms with Crippen LogP contribution in [0.5, 0.6) is 0 Å². The molecule has 3 nitrogen and oxygen atoms in total. The van der Waals surface area contributed by atoms with Gasteiger partial charge in [0, 0.05) is 11.5 Å². The first-order valence-corrected chi connectivity index (χ1v) is 6.06. The molecule has 15 heavy (non-hydrogen) atoms. The Bertz CT molecular complexity index is 262. The first-order valence-electron chi connectivity index (χ1n) is 6.06. The molecule has 2 fully saturated rings. The van der Waals surface area contributed by atoms with Gasteiger partial charge in [-0.2, -0.15) is 0 Å². The monoisotopic (exact) mass is 210 g/mol. The molecule has 2 aliphatic carbocycles. The molecule has 2 saturated carbocycles. The van der Waals surface area contributed by atoms with Crippen LogP contribution in [0.2, 0.25) is 0 Å². The third kappa shape index (κ3) is 1.67. The topological polar surface area (TPSA) is 55.1 Å². The standard InChI is InChI=1S/C12H22N2O/c1-8-6-12(11(13)15)5-3-4-9(7-12)10(8)14-2/h8-10,14H,3-7H2,1-2H3,(H2,13,15). The maximum atomic E-state index is 11.6. The Hall–Kier alpha value is -0.570. The molecule has 0 spiro atoms. The Kier molecular flexibility index (Phi) is 2.75. The molecule has 4 atom stereocenters. The quantitative estimate of drug-likeness (QED) is 0.721. The van der Waals surface area contributed by atoms with Gasteiger partial charge in [-0.25, -0.2) is 0 Å². The fraction of sp³-hybridized carbons (Fsp3) is 0.917. The Labute approximate surface area is 91.8 Å². The predicted molar refractivity (Wildman–Crippen MR) is 60.2 cm³/mol. The molecule has 3 N–H and O–H groups in total. The minimum atomic E-state index is -0.171. The van der Waals surface area contributed by atoms with Crippen LogP contribution in [0.15, 0.2) is 0 Å². The lowest BCUT2D eigenvalue weighted by Gasteiger charge is -2.50. The predicted octanol–water partition coefficient (Wildman–Crippen LogP) is 1.28. The van der Waals surface area contributed by atoms with Crippen molar-refractivity contribution in [2.24, 2.45) is 23.0 Å². The fourth-order valence-corrected chi connectivity index (χ4v) is 3.95. The van der Waals surface area contributed by atoms with Gasteiger partial charge in [0.15, 0.2) is 0 Å². The maximum Gasteiger partial charge on any atom is 0.223 e. The van der Waals surface area contributed by atoms with Gasteiger partial charge in [0.05, 0.1) is 0 Å². The molecule has 0 aromatic carbocycles. The third-order valence-electron chi connectivity index (χ3n) is 4.57. The Morgan fingerprint density at radius 3 is 2.80 bits per heavy atom. The van der Waals surface area contributed by atoms with Crippen molar-refractivity contribution in [1.29, 1.82) is 0 Å². The van der Waals surface area contributed by atoms with Crippen molar-refractivity contribution in [2.75, 3.05) is 7.05 Å². The van der Waals surface area contributed by atoms with Crippen LogP contribution >= 0.6 is 0 Å². The summed E-state index contributed by atoms with van der Waals surface area (Å²) in [5.41, 5.74) is 5.43. The molecule has 4 unspecified atom stereocenters. The average molecular weight is 210 g/mol. The van der Waals surface area contributed by atoms with Crippen LogP contribution < -0.4 is 11.1 Å². The van der Waals surface area contributed by atoms with Crippen molar-refractivity contribution in [3.05, 3.63) is 0 Å². The lowest BCUT2D eigenvalue weighted by molar-refractivity contribution is -0.135. The van der Waals surface area contributed by atoms with Crippen molar-refractivity contribution in [2.45, 2.75) is 45.1 Å². The summed E-state index contributed by atoms with van der Waals surface area (Å²) in [6, 6.07) is 0.581. The molecule has 0 aromatic heterocycles. The van der Waals surface area contributed by atoms with E-state index in [9.17, 15) is 4.79 Å². The van der Waals surface area contributed by atoms with Gasteiger partial charge in [0.2, 0.25) is 5.91 Å². The lowest BCUT2D eigenvalue weighted by atomic mass is 9.57. The molecule has 0 radical (unpaired) electrons. The number of primary amides is 1. The molecule has 1 amide bonds. The average Bonchev–Trinajstić information content (AvgIpc) is 2.17. The summed E-state index contributed by atoms with van der Waals surface area (Å²) >= 11 is 0. The highest BCUT2D eigenvalue weighted by Gasteiger charge is 2.49. The van der Waals surface area contributed by atoms with Crippen LogP contribution in [-0.2, 0) is 4.79 Å². The van der Waals surface area contributed by atoms with Gasteiger partial charge >= 0.3 is 0 Å². The van der Waals surface area contributed by atoms with Gasteiger partial charge in [0.1, 0.15) is 0 Å². The Morgan fingerprint density at radius 2 is 2.20 bits per heavy atom. The zero-order chi connectivity index (χ0) is 11.1. The summed E-state index contributed by atoms with van der Waals surface area (Å²) in [4.78, 5) is 11.6. The minimum absolute atomic E-state index is 0.0615. The van der Waals surface area contributed by atoms with Crippen molar-refractivity contribution < 1.29 is 4.79 Å². The van der Waals surface area contributed by atoms with Crippen LogP contribution in [-0.4, -0.2) is 19.0 Å². The van der Waals surface area contributed by atoms with E-state index >= 15 is 0 Å². The number of nitrogens with two attached hydrogens (primary N) is 1. The molecular weight excluding hydrogens is 188 g/mol. The second-order valence-corrected chi connectivity index (χ2v) is 5.50. The van der Waals surface area contributed by atoms with E-state index in [1.807, 2.05) is 7.05 Å². The molecular formula is C12H22N2O. The van der Waals surface area contributed by atoms with E-state index in [-0.39, 0.29) is 11.3 Å². The SMILES string of the molecule is CNC1C(C)CC2(C(N)=O)CCCC1C2. The summed E-state index contributed by atoms with van der Waals surface area (Å²) in [7, 11) is 2.03. The number of nitrogens with one attached hydrogen (secondary N) is 1.